The van der Waals surface area contributed by atoms with Crippen molar-refractivity contribution in [1.82, 2.24) is 15.1 Å². The number of carbonyl (C=O) groups excluding carboxylic acids is 1. The summed E-state index contributed by atoms with van der Waals surface area (Å²) in [6.07, 6.45) is 3.24. The second-order valence-corrected chi connectivity index (χ2v) is 6.28. The van der Waals surface area contributed by atoms with Gasteiger partial charge in [0.15, 0.2) is 0 Å². The average molecular weight is 283 g/mol. The Balaban J connectivity index is 1.71. The fraction of sp³-hybridized carbons (Fsp3) is 0.933. The van der Waals surface area contributed by atoms with E-state index >= 15 is 0 Å². The molecule has 0 radical (unpaired) electrons. The van der Waals surface area contributed by atoms with Gasteiger partial charge in [-0.3, -0.25) is 9.69 Å². The SMILES string of the molecule is COC(=O)C(CCN1CCN(C(C)C)CC1)NC1CC1. The van der Waals surface area contributed by atoms with Crippen LogP contribution in [-0.4, -0.2) is 73.7 Å². The lowest BCUT2D eigenvalue weighted by molar-refractivity contribution is -0.143. The summed E-state index contributed by atoms with van der Waals surface area (Å²) in [5, 5.41) is 3.40. The van der Waals surface area contributed by atoms with E-state index in [1.165, 1.54) is 20.0 Å². The number of ether oxygens (including phenoxy) is 1. The van der Waals surface area contributed by atoms with E-state index in [0.717, 1.165) is 39.1 Å². The lowest BCUT2D eigenvalue weighted by Gasteiger charge is -2.37. The van der Waals surface area contributed by atoms with Crippen molar-refractivity contribution >= 4 is 5.97 Å². The maximum Gasteiger partial charge on any atom is 0.322 e. The summed E-state index contributed by atoms with van der Waals surface area (Å²) in [5.74, 6) is -0.113. The van der Waals surface area contributed by atoms with Gasteiger partial charge in [-0.05, 0) is 33.1 Å². The van der Waals surface area contributed by atoms with Crippen molar-refractivity contribution in [2.24, 2.45) is 0 Å². The number of hydrogen-bond acceptors (Lipinski definition) is 5. The fourth-order valence-electron chi connectivity index (χ4n) is 2.76. The Morgan fingerprint density at radius 1 is 1.25 bits per heavy atom. The third-order valence-corrected chi connectivity index (χ3v) is 4.37. The summed E-state index contributed by atoms with van der Waals surface area (Å²) in [4.78, 5) is 16.8. The van der Waals surface area contributed by atoms with Crippen molar-refractivity contribution in [3.8, 4) is 0 Å². The summed E-state index contributed by atoms with van der Waals surface area (Å²) in [6, 6.07) is 1.05. The summed E-state index contributed by atoms with van der Waals surface area (Å²) >= 11 is 0. The Morgan fingerprint density at radius 3 is 2.40 bits per heavy atom. The molecule has 1 aliphatic heterocycles. The average Bonchev–Trinajstić information content (AvgIpc) is 3.27. The highest BCUT2D eigenvalue weighted by atomic mass is 16.5. The van der Waals surface area contributed by atoms with Gasteiger partial charge in [-0.1, -0.05) is 0 Å². The van der Waals surface area contributed by atoms with E-state index in [9.17, 15) is 4.79 Å². The first-order valence-electron chi connectivity index (χ1n) is 7.90. The van der Waals surface area contributed by atoms with Gasteiger partial charge in [0.2, 0.25) is 0 Å². The topological polar surface area (TPSA) is 44.8 Å². The van der Waals surface area contributed by atoms with E-state index in [4.69, 9.17) is 4.74 Å². The minimum absolute atomic E-state index is 0.113. The van der Waals surface area contributed by atoms with Gasteiger partial charge in [0, 0.05) is 44.8 Å². The third kappa shape index (κ3) is 4.72. The van der Waals surface area contributed by atoms with Crippen molar-refractivity contribution in [2.75, 3.05) is 39.8 Å². The molecule has 1 atom stereocenters. The molecule has 1 saturated heterocycles. The smallest absolute Gasteiger partial charge is 0.322 e. The molecule has 1 unspecified atom stereocenters. The van der Waals surface area contributed by atoms with Gasteiger partial charge < -0.3 is 15.0 Å². The van der Waals surface area contributed by atoms with Gasteiger partial charge in [-0.25, -0.2) is 0 Å². The second-order valence-electron chi connectivity index (χ2n) is 6.28. The number of nitrogens with one attached hydrogen (secondary N) is 1. The number of piperazine rings is 1. The zero-order valence-electron chi connectivity index (χ0n) is 13.1. The van der Waals surface area contributed by atoms with Gasteiger partial charge in [0.1, 0.15) is 6.04 Å². The number of hydrogen-bond donors (Lipinski definition) is 1. The van der Waals surface area contributed by atoms with Crippen LogP contribution in [0.1, 0.15) is 33.1 Å². The van der Waals surface area contributed by atoms with Crippen molar-refractivity contribution in [1.29, 1.82) is 0 Å². The third-order valence-electron chi connectivity index (χ3n) is 4.37. The minimum atomic E-state index is -0.129. The highest BCUT2D eigenvalue weighted by Gasteiger charge is 2.29. The Morgan fingerprint density at radius 2 is 1.90 bits per heavy atom. The predicted molar refractivity (Wildman–Crippen MR) is 79.7 cm³/mol. The van der Waals surface area contributed by atoms with Gasteiger partial charge in [0.25, 0.3) is 0 Å². The second kappa shape index (κ2) is 7.38. The molecule has 0 aromatic heterocycles. The van der Waals surface area contributed by atoms with Crippen LogP contribution in [-0.2, 0) is 9.53 Å². The molecule has 5 nitrogen and oxygen atoms in total. The summed E-state index contributed by atoms with van der Waals surface area (Å²) in [6.45, 7) is 9.97. The van der Waals surface area contributed by atoms with Crippen molar-refractivity contribution < 1.29 is 9.53 Å². The highest BCUT2D eigenvalue weighted by Crippen LogP contribution is 2.20. The number of esters is 1. The summed E-state index contributed by atoms with van der Waals surface area (Å²) < 4.78 is 4.90. The van der Waals surface area contributed by atoms with Crippen LogP contribution < -0.4 is 5.32 Å². The maximum atomic E-state index is 11.8. The normalized spacial score (nSPS) is 23.0. The number of rotatable bonds is 7. The van der Waals surface area contributed by atoms with Crippen molar-refractivity contribution in [3.05, 3.63) is 0 Å². The Hall–Kier alpha value is -0.650. The lowest BCUT2D eigenvalue weighted by atomic mass is 10.1. The molecule has 1 aliphatic carbocycles. The fourth-order valence-corrected chi connectivity index (χ4v) is 2.76. The van der Waals surface area contributed by atoms with Crippen LogP contribution in [0.4, 0.5) is 0 Å². The first-order chi connectivity index (χ1) is 9.60. The molecule has 20 heavy (non-hydrogen) atoms. The molecule has 2 rings (SSSR count). The number of carbonyl (C=O) groups is 1. The Bertz CT molecular complexity index is 310. The van der Waals surface area contributed by atoms with Crippen LogP contribution >= 0.6 is 0 Å². The molecule has 0 aromatic rings. The van der Waals surface area contributed by atoms with Crippen LogP contribution in [0.5, 0.6) is 0 Å². The molecule has 0 spiro atoms. The van der Waals surface area contributed by atoms with E-state index in [1.807, 2.05) is 0 Å². The molecule has 2 fully saturated rings. The first kappa shape index (κ1) is 15.7. The monoisotopic (exact) mass is 283 g/mol. The molecule has 0 bridgehead atoms. The molecule has 0 amide bonds. The van der Waals surface area contributed by atoms with Gasteiger partial charge >= 0.3 is 5.97 Å². The maximum absolute atomic E-state index is 11.8. The molecule has 1 heterocycles. The highest BCUT2D eigenvalue weighted by molar-refractivity contribution is 5.75. The molecular weight excluding hydrogens is 254 g/mol. The van der Waals surface area contributed by atoms with Crippen molar-refractivity contribution in [3.63, 3.8) is 0 Å². The first-order valence-corrected chi connectivity index (χ1v) is 7.90. The molecule has 1 N–H and O–H groups in total. The largest absolute Gasteiger partial charge is 0.468 e. The predicted octanol–water partition coefficient (Wildman–Crippen LogP) is 0.696. The summed E-state index contributed by atoms with van der Waals surface area (Å²) in [7, 11) is 1.48. The van der Waals surface area contributed by atoms with Gasteiger partial charge in [0.05, 0.1) is 7.11 Å². The van der Waals surface area contributed by atoms with Crippen LogP contribution in [0.25, 0.3) is 0 Å². The molecule has 0 aromatic carbocycles. The zero-order valence-corrected chi connectivity index (χ0v) is 13.1. The number of methoxy groups -OCH3 is 1. The quantitative estimate of drug-likeness (QED) is 0.697. The van der Waals surface area contributed by atoms with Crippen LogP contribution in [0.3, 0.4) is 0 Å². The van der Waals surface area contributed by atoms with Gasteiger partial charge in [-0.15, -0.1) is 0 Å². The van der Waals surface area contributed by atoms with Crippen LogP contribution in [0, 0.1) is 0 Å². The van der Waals surface area contributed by atoms with E-state index < -0.39 is 0 Å². The van der Waals surface area contributed by atoms with Gasteiger partial charge in [-0.2, -0.15) is 0 Å². The van der Waals surface area contributed by atoms with E-state index in [0.29, 0.717) is 12.1 Å². The summed E-state index contributed by atoms with van der Waals surface area (Å²) in [5.41, 5.74) is 0. The Kier molecular flexibility index (Phi) is 5.81. The minimum Gasteiger partial charge on any atom is -0.468 e. The molecular formula is C15H29N3O2. The standard InChI is InChI=1S/C15H29N3O2/c1-12(2)18-10-8-17(9-11-18)7-6-14(15(19)20-3)16-13-4-5-13/h12-14,16H,4-11H2,1-3H3. The molecule has 5 heteroatoms. The molecule has 2 aliphatic rings. The zero-order chi connectivity index (χ0) is 14.5. The van der Waals surface area contributed by atoms with Crippen molar-refractivity contribution in [2.45, 2.75) is 51.2 Å². The van der Waals surface area contributed by atoms with Crippen LogP contribution in [0.15, 0.2) is 0 Å². The van der Waals surface area contributed by atoms with E-state index in [2.05, 4.69) is 29.0 Å². The molecule has 1 saturated carbocycles. The lowest BCUT2D eigenvalue weighted by Crippen LogP contribution is -2.50. The van der Waals surface area contributed by atoms with E-state index in [-0.39, 0.29) is 12.0 Å². The van der Waals surface area contributed by atoms with Crippen LogP contribution in [0.2, 0.25) is 0 Å². The number of nitrogens with zero attached hydrogens (tertiary/aromatic N) is 2. The van der Waals surface area contributed by atoms with E-state index in [1.54, 1.807) is 0 Å². The Labute approximate surface area is 122 Å². The molecule has 116 valence electrons.